The van der Waals surface area contributed by atoms with Gasteiger partial charge in [-0.2, -0.15) is 0 Å². The van der Waals surface area contributed by atoms with Crippen molar-refractivity contribution >= 4 is 44.2 Å². The number of oxazole rings is 1. The quantitative estimate of drug-likeness (QED) is 0.166. The van der Waals surface area contributed by atoms with E-state index in [1.165, 1.54) is 55.7 Å². The normalized spacial score (nSPS) is 13.9. The van der Waals surface area contributed by atoms with E-state index in [1.54, 1.807) is 0 Å². The van der Waals surface area contributed by atoms with Gasteiger partial charge in [0.15, 0.2) is 5.58 Å². The number of hydrogen-bond donors (Lipinski definition) is 0. The first-order chi connectivity index (χ1) is 27.3. The average molecular weight is 704 g/mol. The van der Waals surface area contributed by atoms with Crippen LogP contribution >= 0.6 is 0 Å². The van der Waals surface area contributed by atoms with Gasteiger partial charge in [0.1, 0.15) is 16.7 Å². The lowest BCUT2D eigenvalue weighted by Crippen LogP contribution is -1.89. The molecule has 0 fully saturated rings. The number of nitrogens with zero attached hydrogens (tertiary/aromatic N) is 1. The van der Waals surface area contributed by atoms with E-state index in [9.17, 15) is 0 Å². The molecule has 1 aliphatic rings. The standard InChI is InChI=1S/C52H33NO2/c1-4-13-33(14-5-1)35-23-27-37(28-24-35)40-19-10-11-20-41(40)49-48(38-29-25-36(26-30-38)34-15-6-2-7-16-34)50(49)43-22-12-21-42-44-31-47-45(32-46(44)54-51(42)43)53-52(55-47)39-17-8-3-9-18-39/h1-32,48H. The highest BCUT2D eigenvalue weighted by Crippen LogP contribution is 2.62. The van der Waals surface area contributed by atoms with Gasteiger partial charge in [-0.25, -0.2) is 4.98 Å². The van der Waals surface area contributed by atoms with Crippen LogP contribution in [0, 0.1) is 0 Å². The van der Waals surface area contributed by atoms with Crippen molar-refractivity contribution in [1.29, 1.82) is 0 Å². The smallest absolute Gasteiger partial charge is 0.227 e. The van der Waals surface area contributed by atoms with Crippen molar-refractivity contribution in [2.75, 3.05) is 0 Å². The van der Waals surface area contributed by atoms with E-state index in [4.69, 9.17) is 13.8 Å². The predicted octanol–water partition coefficient (Wildman–Crippen LogP) is 14.1. The van der Waals surface area contributed by atoms with Crippen LogP contribution in [-0.4, -0.2) is 4.98 Å². The number of aromatic nitrogens is 1. The zero-order valence-corrected chi connectivity index (χ0v) is 29.8. The summed E-state index contributed by atoms with van der Waals surface area (Å²) in [6.07, 6.45) is 0. The molecular weight excluding hydrogens is 671 g/mol. The summed E-state index contributed by atoms with van der Waals surface area (Å²) >= 11 is 0. The summed E-state index contributed by atoms with van der Waals surface area (Å²) < 4.78 is 13.1. The van der Waals surface area contributed by atoms with Crippen LogP contribution in [0.2, 0.25) is 0 Å². The molecule has 0 saturated carbocycles. The van der Waals surface area contributed by atoms with Gasteiger partial charge in [-0.3, -0.25) is 0 Å². The Morgan fingerprint density at radius 1 is 0.364 bits per heavy atom. The van der Waals surface area contributed by atoms with Crippen molar-refractivity contribution in [3.63, 3.8) is 0 Å². The van der Waals surface area contributed by atoms with Gasteiger partial charge in [0.2, 0.25) is 5.89 Å². The van der Waals surface area contributed by atoms with Gasteiger partial charge < -0.3 is 8.83 Å². The fourth-order valence-corrected chi connectivity index (χ4v) is 8.23. The molecule has 0 amide bonds. The van der Waals surface area contributed by atoms with Crippen LogP contribution in [0.5, 0.6) is 0 Å². The van der Waals surface area contributed by atoms with Crippen LogP contribution in [0.3, 0.4) is 0 Å². The molecule has 0 N–H and O–H groups in total. The number of para-hydroxylation sites is 1. The third kappa shape index (κ3) is 5.40. The summed E-state index contributed by atoms with van der Waals surface area (Å²) in [6.45, 7) is 0. The lowest BCUT2D eigenvalue weighted by molar-refractivity contribution is 0.620. The van der Waals surface area contributed by atoms with Crippen molar-refractivity contribution in [3.8, 4) is 44.8 Å². The summed E-state index contributed by atoms with van der Waals surface area (Å²) in [5, 5.41) is 2.08. The first-order valence-electron chi connectivity index (χ1n) is 18.7. The van der Waals surface area contributed by atoms with Crippen molar-refractivity contribution in [3.05, 3.63) is 211 Å². The topological polar surface area (TPSA) is 39.2 Å². The van der Waals surface area contributed by atoms with E-state index in [1.807, 2.05) is 36.4 Å². The third-order valence-corrected chi connectivity index (χ3v) is 11.0. The van der Waals surface area contributed by atoms with Crippen LogP contribution in [0.1, 0.15) is 22.6 Å². The van der Waals surface area contributed by atoms with Gasteiger partial charge in [0.25, 0.3) is 0 Å². The molecule has 2 heterocycles. The van der Waals surface area contributed by atoms with Gasteiger partial charge in [-0.05, 0) is 73.9 Å². The molecule has 0 bridgehead atoms. The highest BCUT2D eigenvalue weighted by Gasteiger charge is 2.42. The fraction of sp³-hybridized carbons (Fsp3) is 0.0192. The summed E-state index contributed by atoms with van der Waals surface area (Å²) in [6, 6.07) is 68.6. The number of benzene rings is 8. The molecule has 10 aromatic rings. The Kier molecular flexibility index (Phi) is 7.24. The predicted molar refractivity (Wildman–Crippen MR) is 225 cm³/mol. The first kappa shape index (κ1) is 31.3. The summed E-state index contributed by atoms with van der Waals surface area (Å²) in [4.78, 5) is 4.83. The third-order valence-electron chi connectivity index (χ3n) is 11.0. The van der Waals surface area contributed by atoms with E-state index in [-0.39, 0.29) is 5.92 Å². The number of allylic oxidation sites excluding steroid dienone is 2. The van der Waals surface area contributed by atoms with Crippen molar-refractivity contribution in [2.24, 2.45) is 0 Å². The zero-order chi connectivity index (χ0) is 36.3. The number of hydrogen-bond acceptors (Lipinski definition) is 3. The second-order valence-corrected chi connectivity index (χ2v) is 14.2. The molecule has 2 aromatic heterocycles. The van der Waals surface area contributed by atoms with Gasteiger partial charge in [-0.15, -0.1) is 0 Å². The second-order valence-electron chi connectivity index (χ2n) is 14.2. The Balaban J connectivity index is 1.05. The summed E-state index contributed by atoms with van der Waals surface area (Å²) in [5.41, 5.74) is 17.7. The Morgan fingerprint density at radius 2 is 0.891 bits per heavy atom. The second kappa shape index (κ2) is 12.7. The Bertz CT molecular complexity index is 3050. The van der Waals surface area contributed by atoms with Gasteiger partial charge in [0, 0.05) is 33.9 Å². The van der Waals surface area contributed by atoms with Crippen molar-refractivity contribution in [1.82, 2.24) is 4.98 Å². The van der Waals surface area contributed by atoms with Crippen LogP contribution in [0.25, 0.3) is 89.0 Å². The number of rotatable bonds is 7. The Hall–Kier alpha value is -7.23. The van der Waals surface area contributed by atoms with Gasteiger partial charge in [0.05, 0.1) is 0 Å². The van der Waals surface area contributed by atoms with Crippen LogP contribution in [-0.2, 0) is 0 Å². The maximum Gasteiger partial charge on any atom is 0.227 e. The molecule has 11 rings (SSSR count). The summed E-state index contributed by atoms with van der Waals surface area (Å²) in [5.74, 6) is 0.718. The highest BCUT2D eigenvalue weighted by atomic mass is 16.4. The Morgan fingerprint density at radius 3 is 1.56 bits per heavy atom. The minimum atomic E-state index is 0.111. The first-order valence-corrected chi connectivity index (χ1v) is 18.7. The highest BCUT2D eigenvalue weighted by molar-refractivity contribution is 6.21. The van der Waals surface area contributed by atoms with E-state index in [0.717, 1.165) is 44.2 Å². The minimum Gasteiger partial charge on any atom is -0.455 e. The molecular formula is C52H33NO2. The van der Waals surface area contributed by atoms with Gasteiger partial charge >= 0.3 is 0 Å². The molecule has 3 nitrogen and oxygen atoms in total. The Labute approximate surface area is 318 Å². The molecule has 1 atom stereocenters. The van der Waals surface area contributed by atoms with E-state index in [2.05, 4.69) is 158 Å². The molecule has 0 radical (unpaired) electrons. The molecule has 0 spiro atoms. The maximum atomic E-state index is 6.81. The molecule has 258 valence electrons. The zero-order valence-electron chi connectivity index (χ0n) is 29.8. The molecule has 1 unspecified atom stereocenters. The molecule has 1 aliphatic carbocycles. The lowest BCUT2D eigenvalue weighted by Gasteiger charge is -2.11. The molecule has 0 saturated heterocycles. The van der Waals surface area contributed by atoms with E-state index in [0.29, 0.717) is 5.89 Å². The van der Waals surface area contributed by atoms with Crippen LogP contribution < -0.4 is 0 Å². The maximum absolute atomic E-state index is 6.81. The average Bonchev–Trinajstić information content (AvgIpc) is 3.68. The summed E-state index contributed by atoms with van der Waals surface area (Å²) in [7, 11) is 0. The monoisotopic (exact) mass is 703 g/mol. The SMILES string of the molecule is c1ccc(-c2ccc(-c3ccccc3C3=C(c4cccc5c4oc4cc6nc(-c7ccccc7)oc6cc45)C3c3ccc(-c4ccccc4)cc3)cc2)cc1. The molecule has 8 aromatic carbocycles. The van der Waals surface area contributed by atoms with E-state index >= 15 is 0 Å². The minimum absolute atomic E-state index is 0.111. The van der Waals surface area contributed by atoms with Crippen LogP contribution in [0.15, 0.2) is 203 Å². The van der Waals surface area contributed by atoms with Crippen molar-refractivity contribution in [2.45, 2.75) is 5.92 Å². The largest absolute Gasteiger partial charge is 0.455 e. The molecule has 3 heteroatoms. The van der Waals surface area contributed by atoms with E-state index < -0.39 is 0 Å². The van der Waals surface area contributed by atoms with Crippen molar-refractivity contribution < 1.29 is 8.83 Å². The van der Waals surface area contributed by atoms with Gasteiger partial charge in [-0.1, -0.05) is 170 Å². The molecule has 0 aliphatic heterocycles. The number of fused-ring (bicyclic) bond motifs is 4. The van der Waals surface area contributed by atoms with Crippen LogP contribution in [0.4, 0.5) is 0 Å². The lowest BCUT2D eigenvalue weighted by atomic mass is 9.93. The fourth-order valence-electron chi connectivity index (χ4n) is 8.23. The molecule has 55 heavy (non-hydrogen) atoms. The number of furan rings is 1.